The molecular weight excluding hydrogens is 402 g/mol. The Morgan fingerprint density at radius 1 is 1.14 bits per heavy atom. The third-order valence-corrected chi connectivity index (χ3v) is 4.58. The molecule has 0 saturated heterocycles. The highest BCUT2D eigenvalue weighted by atomic mass is 32.1. The number of hydrogen-bond acceptors (Lipinski definition) is 5. The van der Waals surface area contributed by atoms with Gasteiger partial charge in [-0.3, -0.25) is 14.8 Å². The van der Waals surface area contributed by atoms with Crippen molar-refractivity contribution in [2.75, 3.05) is 0 Å². The first-order chi connectivity index (χ1) is 13.8. The van der Waals surface area contributed by atoms with E-state index in [1.165, 1.54) is 35.6 Å². The van der Waals surface area contributed by atoms with Gasteiger partial charge in [-0.05, 0) is 60.4 Å². The molecule has 0 aliphatic heterocycles. The van der Waals surface area contributed by atoms with E-state index in [9.17, 15) is 23.5 Å². The van der Waals surface area contributed by atoms with Gasteiger partial charge in [-0.25, -0.2) is 14.3 Å². The molecule has 2 unspecified atom stereocenters. The normalized spacial score (nSPS) is 13.2. The van der Waals surface area contributed by atoms with Crippen molar-refractivity contribution in [3.63, 3.8) is 0 Å². The number of thiophene rings is 1. The van der Waals surface area contributed by atoms with Crippen molar-refractivity contribution in [2.45, 2.75) is 25.0 Å². The van der Waals surface area contributed by atoms with Crippen LogP contribution in [0.1, 0.15) is 27.7 Å². The summed E-state index contributed by atoms with van der Waals surface area (Å²) in [7, 11) is 0. The van der Waals surface area contributed by atoms with Gasteiger partial charge in [0.1, 0.15) is 6.04 Å². The van der Waals surface area contributed by atoms with Gasteiger partial charge >= 0.3 is 0 Å². The van der Waals surface area contributed by atoms with Crippen LogP contribution in [0, 0.1) is 23.7 Å². The van der Waals surface area contributed by atoms with Crippen LogP contribution in [0.15, 0.2) is 41.8 Å². The molecule has 2 aromatic rings. The van der Waals surface area contributed by atoms with Crippen LogP contribution in [0.3, 0.4) is 0 Å². The van der Waals surface area contributed by atoms with E-state index in [4.69, 9.17) is 5.21 Å². The number of benzene rings is 1. The van der Waals surface area contributed by atoms with E-state index >= 15 is 0 Å². The second kappa shape index (κ2) is 9.80. The van der Waals surface area contributed by atoms with Gasteiger partial charge in [-0.15, -0.1) is 11.3 Å². The molecule has 0 aliphatic rings. The lowest BCUT2D eigenvalue weighted by Gasteiger charge is -2.30. The summed E-state index contributed by atoms with van der Waals surface area (Å²) in [6, 6.07) is 7.44. The predicted molar refractivity (Wildman–Crippen MR) is 102 cm³/mol. The molecule has 2 amide bonds. The number of carbonyl (C=O) groups excluding carboxylic acids is 2. The molecule has 0 saturated carbocycles. The molecule has 1 heterocycles. The summed E-state index contributed by atoms with van der Waals surface area (Å²) in [6.07, 6.45) is -3.35. The van der Waals surface area contributed by atoms with Crippen LogP contribution < -0.4 is 10.8 Å². The van der Waals surface area contributed by atoms with Gasteiger partial charge in [0.2, 0.25) is 0 Å². The van der Waals surface area contributed by atoms with Crippen LogP contribution in [0.2, 0.25) is 0 Å². The maximum Gasteiger partial charge on any atom is 0.269 e. The average Bonchev–Trinajstić information content (AvgIpc) is 3.22. The van der Waals surface area contributed by atoms with Crippen molar-refractivity contribution in [1.29, 1.82) is 0 Å². The van der Waals surface area contributed by atoms with E-state index in [1.54, 1.807) is 0 Å². The number of aliphatic hydroxyl groups is 1. The first-order valence-corrected chi connectivity index (χ1v) is 9.04. The minimum absolute atomic E-state index is 0.0426. The van der Waals surface area contributed by atoms with E-state index in [1.807, 2.05) is 22.8 Å². The molecule has 1 aromatic heterocycles. The molecule has 9 heteroatoms. The summed E-state index contributed by atoms with van der Waals surface area (Å²) in [6.45, 7) is 0.674. The van der Waals surface area contributed by atoms with Crippen LogP contribution in [0.25, 0.3) is 0 Å². The van der Waals surface area contributed by atoms with E-state index in [0.29, 0.717) is 12.5 Å². The molecule has 0 radical (unpaired) electrons. The zero-order chi connectivity index (χ0) is 21.4. The van der Waals surface area contributed by atoms with Crippen LogP contribution in [0.5, 0.6) is 0 Å². The smallest absolute Gasteiger partial charge is 0.269 e. The highest BCUT2D eigenvalue weighted by molar-refractivity contribution is 7.10. The third kappa shape index (κ3) is 5.87. The van der Waals surface area contributed by atoms with Crippen molar-refractivity contribution < 1.29 is 28.7 Å². The molecule has 0 fully saturated rings. The van der Waals surface area contributed by atoms with Gasteiger partial charge in [0.15, 0.2) is 5.60 Å². The minimum Gasteiger partial charge on any atom is -0.381 e. The molecule has 0 bridgehead atoms. The Kier molecular flexibility index (Phi) is 7.46. The Labute approximate surface area is 169 Å². The molecule has 1 aromatic carbocycles. The lowest BCUT2D eigenvalue weighted by atomic mass is 9.95. The summed E-state index contributed by atoms with van der Waals surface area (Å²) in [5, 5.41) is 22.4. The fourth-order valence-electron chi connectivity index (χ4n) is 2.13. The highest BCUT2D eigenvalue weighted by Crippen LogP contribution is 2.20. The average molecular weight is 418 g/mol. The molecule has 0 spiro atoms. The quantitative estimate of drug-likeness (QED) is 0.338. The van der Waals surface area contributed by atoms with Crippen LogP contribution in [-0.4, -0.2) is 40.2 Å². The topological polar surface area (TPSA) is 98.7 Å². The van der Waals surface area contributed by atoms with E-state index in [2.05, 4.69) is 23.7 Å². The standard InChI is InChI=1S/C20H16F2N2O4S/c1-20(27,19(21)22)16(18(26)24-28)23-17(25)14-10-8-13(9-11-14)5-2-3-6-15-7-4-12-29-15/h4,7-12,16,19,27-28H,1H3,(H,23,25)(H,24,26). The zero-order valence-corrected chi connectivity index (χ0v) is 15.9. The number of carbonyl (C=O) groups is 2. The SMILES string of the molecule is CC(O)(C(F)F)C(NC(=O)c1ccc(C#CC#Cc2cccs2)cc1)C(=O)NO. The van der Waals surface area contributed by atoms with Gasteiger partial charge in [-0.1, -0.05) is 12.0 Å². The van der Waals surface area contributed by atoms with Crippen molar-refractivity contribution in [3.05, 3.63) is 57.8 Å². The van der Waals surface area contributed by atoms with Crippen molar-refractivity contribution >= 4 is 23.2 Å². The molecule has 0 aliphatic carbocycles. The largest absolute Gasteiger partial charge is 0.381 e. The highest BCUT2D eigenvalue weighted by Gasteiger charge is 2.46. The Balaban J connectivity index is 2.10. The minimum atomic E-state index is -3.35. The van der Waals surface area contributed by atoms with Crippen LogP contribution in [0.4, 0.5) is 8.78 Å². The third-order valence-electron chi connectivity index (χ3n) is 3.80. The van der Waals surface area contributed by atoms with Crippen molar-refractivity contribution in [2.24, 2.45) is 0 Å². The van der Waals surface area contributed by atoms with Crippen molar-refractivity contribution in [3.8, 4) is 23.7 Å². The number of hydrogen-bond donors (Lipinski definition) is 4. The maximum atomic E-state index is 13.0. The molecule has 2 atom stereocenters. The lowest BCUT2D eigenvalue weighted by Crippen LogP contribution is -2.61. The summed E-state index contributed by atoms with van der Waals surface area (Å²) < 4.78 is 26.0. The fraction of sp³-hybridized carbons (Fsp3) is 0.200. The monoisotopic (exact) mass is 418 g/mol. The maximum absolute atomic E-state index is 13.0. The fourth-order valence-corrected chi connectivity index (χ4v) is 2.70. The Bertz CT molecular complexity index is 981. The summed E-state index contributed by atoms with van der Waals surface area (Å²) in [5.74, 6) is 8.77. The number of alkyl halides is 2. The molecule has 6 nitrogen and oxygen atoms in total. The summed E-state index contributed by atoms with van der Waals surface area (Å²) in [5.41, 5.74) is -1.14. The Morgan fingerprint density at radius 2 is 1.79 bits per heavy atom. The second-order valence-electron chi connectivity index (χ2n) is 5.96. The van der Waals surface area contributed by atoms with Crippen molar-refractivity contribution in [1.82, 2.24) is 10.8 Å². The number of amides is 2. The van der Waals surface area contributed by atoms with E-state index < -0.39 is 29.9 Å². The molecule has 4 N–H and O–H groups in total. The first-order valence-electron chi connectivity index (χ1n) is 8.16. The molecule has 150 valence electrons. The van der Waals surface area contributed by atoms with Gasteiger partial charge in [0.25, 0.3) is 18.2 Å². The van der Waals surface area contributed by atoms with Gasteiger partial charge in [0.05, 0.1) is 4.88 Å². The van der Waals surface area contributed by atoms with Gasteiger partial charge in [0, 0.05) is 11.1 Å². The molecular formula is C20H16F2N2O4S. The first kappa shape index (κ1) is 22.1. The number of halogens is 2. The molecule has 2 rings (SSSR count). The number of nitrogens with one attached hydrogen (secondary N) is 2. The van der Waals surface area contributed by atoms with Gasteiger partial charge in [-0.2, -0.15) is 0 Å². The zero-order valence-electron chi connectivity index (χ0n) is 15.1. The van der Waals surface area contributed by atoms with E-state index in [-0.39, 0.29) is 5.56 Å². The lowest BCUT2D eigenvalue weighted by molar-refractivity contribution is -0.149. The summed E-state index contributed by atoms with van der Waals surface area (Å²) >= 11 is 1.49. The van der Waals surface area contributed by atoms with Crippen LogP contribution in [-0.2, 0) is 4.79 Å². The number of rotatable bonds is 5. The van der Waals surface area contributed by atoms with Crippen LogP contribution >= 0.6 is 11.3 Å². The number of hydroxylamine groups is 1. The Hall–Kier alpha value is -3.24. The molecule has 29 heavy (non-hydrogen) atoms. The second-order valence-corrected chi connectivity index (χ2v) is 6.91. The Morgan fingerprint density at radius 3 is 2.34 bits per heavy atom. The predicted octanol–water partition coefficient (Wildman–Crippen LogP) is 1.77. The van der Waals surface area contributed by atoms with E-state index in [0.717, 1.165) is 10.4 Å². The van der Waals surface area contributed by atoms with Gasteiger partial charge < -0.3 is 10.4 Å². The summed E-state index contributed by atoms with van der Waals surface area (Å²) in [4.78, 5) is 24.8.